The van der Waals surface area contributed by atoms with Gasteiger partial charge in [0.15, 0.2) is 5.78 Å². The van der Waals surface area contributed by atoms with Gasteiger partial charge in [0, 0.05) is 36.5 Å². The number of rotatable bonds is 9. The van der Waals surface area contributed by atoms with Crippen LogP contribution in [0.3, 0.4) is 0 Å². The molecule has 2 aliphatic carbocycles. The first-order valence-corrected chi connectivity index (χ1v) is 9.56. The molecule has 0 aromatic carbocycles. The van der Waals surface area contributed by atoms with Crippen LogP contribution in [-0.2, 0) is 14.3 Å². The number of fused-ring (bicyclic) bond motifs is 1. The van der Waals surface area contributed by atoms with Crippen molar-refractivity contribution in [2.24, 2.45) is 16.7 Å². The van der Waals surface area contributed by atoms with Gasteiger partial charge in [-0.05, 0) is 44.1 Å². The number of allylic oxidation sites excluding steroid dienone is 2. The molecule has 2 rings (SSSR count). The molecule has 0 aliphatic heterocycles. The molecule has 0 heterocycles. The number of aliphatic hydroxyl groups excluding tert-OH is 1. The minimum atomic E-state index is -0.479. The zero-order chi connectivity index (χ0) is 19.5. The third kappa shape index (κ3) is 3.47. The fourth-order valence-electron chi connectivity index (χ4n) is 4.76. The van der Waals surface area contributed by atoms with Crippen LogP contribution in [0.2, 0.25) is 0 Å². The number of carbonyl (C=O) groups excluding carboxylic acids is 1. The van der Waals surface area contributed by atoms with Crippen molar-refractivity contribution < 1.29 is 19.4 Å². The molecule has 0 saturated heterocycles. The largest absolute Gasteiger partial charge is 0.396 e. The van der Waals surface area contributed by atoms with E-state index >= 15 is 0 Å². The second kappa shape index (κ2) is 8.20. The molecule has 0 unspecified atom stereocenters. The molecule has 0 spiro atoms. The molecule has 1 saturated carbocycles. The summed E-state index contributed by atoms with van der Waals surface area (Å²) in [6, 6.07) is 0. The summed E-state index contributed by atoms with van der Waals surface area (Å²) in [5.74, 6) is 0.678. The van der Waals surface area contributed by atoms with Crippen molar-refractivity contribution in [1.82, 2.24) is 0 Å². The molecule has 4 heteroatoms. The maximum atomic E-state index is 12.7. The molecule has 4 atom stereocenters. The minimum Gasteiger partial charge on any atom is -0.396 e. The van der Waals surface area contributed by atoms with Crippen molar-refractivity contribution >= 4 is 5.78 Å². The van der Waals surface area contributed by atoms with E-state index in [0.29, 0.717) is 18.8 Å². The van der Waals surface area contributed by atoms with Crippen molar-refractivity contribution in [3.8, 4) is 0 Å². The highest BCUT2D eigenvalue weighted by atomic mass is 16.7. The van der Waals surface area contributed by atoms with Crippen molar-refractivity contribution in [3.63, 3.8) is 0 Å². The fraction of sp³-hybridized carbons (Fsp3) is 0.682. The topological polar surface area (TPSA) is 55.8 Å². The van der Waals surface area contributed by atoms with Crippen LogP contribution in [0.1, 0.15) is 52.9 Å². The maximum absolute atomic E-state index is 12.7. The van der Waals surface area contributed by atoms with E-state index < -0.39 is 5.41 Å². The lowest BCUT2D eigenvalue weighted by molar-refractivity contribution is -0.114. The van der Waals surface area contributed by atoms with Gasteiger partial charge in [0.2, 0.25) is 0 Å². The molecule has 1 N–H and O–H groups in total. The number of methoxy groups -OCH3 is 1. The maximum Gasteiger partial charge on any atom is 0.159 e. The van der Waals surface area contributed by atoms with Crippen LogP contribution in [-0.4, -0.2) is 37.5 Å². The van der Waals surface area contributed by atoms with Crippen LogP contribution < -0.4 is 0 Å². The number of aliphatic hydroxyl groups is 1. The van der Waals surface area contributed by atoms with Crippen LogP contribution in [0.4, 0.5) is 0 Å². The Morgan fingerprint density at radius 3 is 2.77 bits per heavy atom. The highest BCUT2D eigenvalue weighted by molar-refractivity contribution is 6.01. The zero-order valence-electron chi connectivity index (χ0n) is 16.8. The van der Waals surface area contributed by atoms with Gasteiger partial charge in [-0.3, -0.25) is 4.79 Å². The van der Waals surface area contributed by atoms with Gasteiger partial charge in [-0.15, -0.1) is 6.58 Å². The summed E-state index contributed by atoms with van der Waals surface area (Å²) in [6.07, 6.45) is 5.32. The number of ether oxygens (including phenoxy) is 2. The minimum absolute atomic E-state index is 0.0351. The average Bonchev–Trinajstić information content (AvgIpc) is 2.97. The summed E-state index contributed by atoms with van der Waals surface area (Å²) in [4.78, 5) is 12.7. The van der Waals surface area contributed by atoms with Gasteiger partial charge in [0.25, 0.3) is 0 Å². The number of carbonyl (C=O) groups is 1. The Balaban J connectivity index is 2.50. The van der Waals surface area contributed by atoms with Crippen LogP contribution in [0, 0.1) is 16.7 Å². The highest BCUT2D eigenvalue weighted by Gasteiger charge is 2.52. The van der Waals surface area contributed by atoms with E-state index in [0.717, 1.165) is 30.4 Å². The highest BCUT2D eigenvalue weighted by Crippen LogP contribution is 2.57. The molecule has 0 bridgehead atoms. The van der Waals surface area contributed by atoms with Crippen molar-refractivity contribution in [3.05, 3.63) is 36.0 Å². The fourth-order valence-corrected chi connectivity index (χ4v) is 4.76. The van der Waals surface area contributed by atoms with Gasteiger partial charge in [-0.25, -0.2) is 0 Å². The third-order valence-electron chi connectivity index (χ3n) is 6.67. The molecule has 0 amide bonds. The first kappa shape index (κ1) is 21.1. The van der Waals surface area contributed by atoms with Gasteiger partial charge in [-0.1, -0.05) is 32.1 Å². The normalized spacial score (nSPS) is 29.3. The van der Waals surface area contributed by atoms with Crippen molar-refractivity contribution in [2.75, 3.05) is 20.5 Å². The van der Waals surface area contributed by atoms with E-state index in [1.807, 2.05) is 13.0 Å². The quantitative estimate of drug-likeness (QED) is 0.493. The molecular weight excluding hydrogens is 328 g/mol. The molecule has 0 aromatic rings. The molecule has 0 aromatic heterocycles. The Morgan fingerprint density at radius 1 is 1.50 bits per heavy atom. The number of Topliss-reactive ketones (excluding diaryl/α,β-unsaturated/α-hetero) is 1. The smallest absolute Gasteiger partial charge is 0.159 e. The average molecular weight is 363 g/mol. The summed E-state index contributed by atoms with van der Waals surface area (Å²) >= 11 is 0. The van der Waals surface area contributed by atoms with E-state index in [-0.39, 0.29) is 30.7 Å². The second-order valence-electron chi connectivity index (χ2n) is 8.17. The Bertz CT molecular complexity index is 605. The van der Waals surface area contributed by atoms with Gasteiger partial charge in [0.1, 0.15) is 6.79 Å². The summed E-state index contributed by atoms with van der Waals surface area (Å²) in [5.41, 5.74) is 2.28. The lowest BCUT2D eigenvalue weighted by Crippen LogP contribution is -2.43. The predicted molar refractivity (Wildman–Crippen MR) is 104 cm³/mol. The predicted octanol–water partition coefficient (Wildman–Crippen LogP) is 4.20. The van der Waals surface area contributed by atoms with Gasteiger partial charge < -0.3 is 14.6 Å². The zero-order valence-corrected chi connectivity index (χ0v) is 16.8. The number of hydrogen-bond donors (Lipinski definition) is 1. The summed E-state index contributed by atoms with van der Waals surface area (Å²) < 4.78 is 11.2. The monoisotopic (exact) mass is 362 g/mol. The lowest BCUT2D eigenvalue weighted by Gasteiger charge is -2.46. The summed E-state index contributed by atoms with van der Waals surface area (Å²) in [7, 11) is 1.59. The van der Waals surface area contributed by atoms with E-state index in [2.05, 4.69) is 27.0 Å². The first-order chi connectivity index (χ1) is 12.3. The third-order valence-corrected chi connectivity index (χ3v) is 6.67. The lowest BCUT2D eigenvalue weighted by atomic mass is 9.61. The van der Waals surface area contributed by atoms with Crippen LogP contribution in [0.15, 0.2) is 36.0 Å². The molecule has 1 fully saturated rings. The molecular formula is C22H34O4. The van der Waals surface area contributed by atoms with E-state index in [1.54, 1.807) is 7.11 Å². The van der Waals surface area contributed by atoms with E-state index in [1.165, 1.54) is 5.57 Å². The molecule has 0 radical (unpaired) electrons. The van der Waals surface area contributed by atoms with Crippen LogP contribution in [0.25, 0.3) is 0 Å². The molecule has 2 aliphatic rings. The SMILES string of the molecule is C=C[C@](C)(CCO)[C@@H](OCOC)C(=C)[C@]12CCC(=O)C1=C(C)[C@H](C)CC2. The van der Waals surface area contributed by atoms with Gasteiger partial charge in [-0.2, -0.15) is 0 Å². The second-order valence-corrected chi connectivity index (χ2v) is 8.17. The van der Waals surface area contributed by atoms with Crippen LogP contribution >= 0.6 is 0 Å². The van der Waals surface area contributed by atoms with Gasteiger partial charge >= 0.3 is 0 Å². The molecule has 4 nitrogen and oxygen atoms in total. The van der Waals surface area contributed by atoms with Gasteiger partial charge in [0.05, 0.1) is 6.10 Å². The number of hydrogen-bond acceptors (Lipinski definition) is 4. The summed E-state index contributed by atoms with van der Waals surface area (Å²) in [6.45, 7) is 14.9. The van der Waals surface area contributed by atoms with Crippen LogP contribution in [0.5, 0.6) is 0 Å². The summed E-state index contributed by atoms with van der Waals surface area (Å²) in [5, 5.41) is 9.58. The van der Waals surface area contributed by atoms with E-state index in [4.69, 9.17) is 9.47 Å². The Labute approximate surface area is 158 Å². The van der Waals surface area contributed by atoms with E-state index in [9.17, 15) is 9.90 Å². The van der Waals surface area contributed by atoms with Crippen molar-refractivity contribution in [2.45, 2.75) is 59.0 Å². The standard InChI is InChI=1S/C22H34O4/c1-7-21(5,12-13-23)20(26-14-25-6)17(4)22-10-8-15(2)16(3)19(22)18(24)9-11-22/h7,15,20,23H,1,4,8-14H2,2-3,5-6H3/t15-,20+,21-,22+/m1/s1. The Morgan fingerprint density at radius 2 is 2.19 bits per heavy atom. The first-order valence-electron chi connectivity index (χ1n) is 9.56. The Hall–Kier alpha value is -1.23. The molecule has 146 valence electrons. The molecule has 26 heavy (non-hydrogen) atoms. The van der Waals surface area contributed by atoms with Crippen molar-refractivity contribution in [1.29, 1.82) is 0 Å². The number of ketones is 1. The Kier molecular flexibility index (Phi) is 6.65.